The van der Waals surface area contributed by atoms with E-state index < -0.39 is 5.41 Å². The van der Waals surface area contributed by atoms with Gasteiger partial charge in [-0.05, 0) is 116 Å². The smallest absolute Gasteiger partial charge is 0.0714 e. The molecule has 12 rings (SSSR count). The van der Waals surface area contributed by atoms with Crippen LogP contribution in [0.25, 0.3) is 64.7 Å². The van der Waals surface area contributed by atoms with Gasteiger partial charge in [0.1, 0.15) is 0 Å². The molecule has 10 aromatic carbocycles. The minimum absolute atomic E-state index is 0.585. The Bertz CT molecular complexity index is 3290. The van der Waals surface area contributed by atoms with Gasteiger partial charge in [0.25, 0.3) is 0 Å². The van der Waals surface area contributed by atoms with E-state index >= 15 is 0 Å². The number of anilines is 3. The van der Waals surface area contributed by atoms with Crippen LogP contribution in [0.3, 0.4) is 0 Å². The molecule has 1 aromatic heterocycles. The van der Waals surface area contributed by atoms with Gasteiger partial charge in [-0.3, -0.25) is 0 Å². The number of rotatable bonds is 8. The molecule has 0 aliphatic heterocycles. The Hall–Kier alpha value is -7.78. The van der Waals surface area contributed by atoms with Crippen molar-refractivity contribution >= 4 is 48.6 Å². The van der Waals surface area contributed by atoms with Gasteiger partial charge >= 0.3 is 0 Å². The van der Waals surface area contributed by atoms with Crippen LogP contribution in [0.4, 0.5) is 17.1 Å². The standard InChI is InChI=1S/C61H41NS/c1-5-17-42(18-6-1)44-29-34-50(35-30-44)62(51-36-31-45(32-37-51)43-19-7-2-8-20-43)57-41-47(46-33-38-59-54(39-46)52-25-14-16-28-58(52)63-59)40-56-60(57)53-26-13-15-27-55(53)61(56,48-21-9-3-10-22-48)49-23-11-4-12-24-49/h1-41H. The van der Waals surface area contributed by atoms with Gasteiger partial charge in [-0.1, -0.05) is 194 Å². The van der Waals surface area contributed by atoms with Gasteiger partial charge in [-0.2, -0.15) is 0 Å². The molecule has 0 N–H and O–H groups in total. The number of nitrogens with zero attached hydrogens (tertiary/aromatic N) is 1. The van der Waals surface area contributed by atoms with Crippen molar-refractivity contribution in [1.29, 1.82) is 0 Å². The van der Waals surface area contributed by atoms with Crippen molar-refractivity contribution in [1.82, 2.24) is 0 Å². The molecule has 0 radical (unpaired) electrons. The molecule has 0 bridgehead atoms. The van der Waals surface area contributed by atoms with Gasteiger partial charge in [0.2, 0.25) is 0 Å². The van der Waals surface area contributed by atoms with Crippen LogP contribution in [0.5, 0.6) is 0 Å². The SMILES string of the molecule is c1ccc(-c2ccc(N(c3ccc(-c4ccccc4)cc3)c3cc(-c4ccc5sc6ccccc6c5c4)cc4c3-c3ccccc3C4(c3ccccc3)c3ccccc3)cc2)cc1. The molecule has 296 valence electrons. The molecule has 0 saturated heterocycles. The van der Waals surface area contributed by atoms with E-state index in [1.54, 1.807) is 0 Å². The molecular formula is C61H41NS. The second kappa shape index (κ2) is 15.3. The molecule has 0 amide bonds. The summed E-state index contributed by atoms with van der Waals surface area (Å²) in [5, 5.41) is 2.59. The van der Waals surface area contributed by atoms with Crippen molar-refractivity contribution in [3.63, 3.8) is 0 Å². The lowest BCUT2D eigenvalue weighted by Gasteiger charge is -2.35. The Kier molecular flexibility index (Phi) is 8.98. The third kappa shape index (κ3) is 6.14. The Morgan fingerprint density at radius 1 is 0.317 bits per heavy atom. The molecule has 0 atom stereocenters. The molecule has 11 aromatic rings. The predicted molar refractivity (Wildman–Crippen MR) is 268 cm³/mol. The molecule has 1 nitrogen and oxygen atoms in total. The third-order valence-corrected chi connectivity index (χ3v) is 14.1. The fourth-order valence-corrected chi connectivity index (χ4v) is 11.2. The summed E-state index contributed by atoms with van der Waals surface area (Å²) < 4.78 is 2.61. The molecule has 0 unspecified atom stereocenters. The van der Waals surface area contributed by atoms with Crippen LogP contribution < -0.4 is 4.90 Å². The van der Waals surface area contributed by atoms with Crippen molar-refractivity contribution in [2.75, 3.05) is 4.90 Å². The summed E-state index contributed by atoms with van der Waals surface area (Å²) >= 11 is 1.86. The lowest BCUT2D eigenvalue weighted by molar-refractivity contribution is 0.769. The van der Waals surface area contributed by atoms with Gasteiger partial charge in [-0.15, -0.1) is 11.3 Å². The van der Waals surface area contributed by atoms with Crippen LogP contribution in [0.1, 0.15) is 22.3 Å². The fourth-order valence-electron chi connectivity index (χ4n) is 10.1. The maximum Gasteiger partial charge on any atom is 0.0714 e. The van der Waals surface area contributed by atoms with E-state index in [0.717, 1.165) is 17.1 Å². The van der Waals surface area contributed by atoms with Crippen molar-refractivity contribution in [2.24, 2.45) is 0 Å². The Morgan fingerprint density at radius 2 is 0.794 bits per heavy atom. The summed E-state index contributed by atoms with van der Waals surface area (Å²) in [4.78, 5) is 2.49. The van der Waals surface area contributed by atoms with Crippen LogP contribution in [-0.4, -0.2) is 0 Å². The first-order valence-electron chi connectivity index (χ1n) is 21.7. The fraction of sp³-hybridized carbons (Fsp3) is 0.0164. The largest absolute Gasteiger partial charge is 0.310 e. The van der Waals surface area contributed by atoms with Crippen molar-refractivity contribution < 1.29 is 0 Å². The molecule has 1 aliphatic carbocycles. The normalized spacial score (nSPS) is 12.6. The molecule has 0 fully saturated rings. The average Bonchev–Trinajstić information content (AvgIpc) is 3.89. The lowest BCUT2D eigenvalue weighted by Crippen LogP contribution is -2.28. The highest BCUT2D eigenvalue weighted by atomic mass is 32.1. The number of benzene rings is 10. The minimum atomic E-state index is -0.585. The summed E-state index contributed by atoms with van der Waals surface area (Å²) in [6, 6.07) is 91.8. The highest BCUT2D eigenvalue weighted by Gasteiger charge is 2.47. The topological polar surface area (TPSA) is 3.24 Å². The quantitative estimate of drug-likeness (QED) is 0.148. The summed E-state index contributed by atoms with van der Waals surface area (Å²) in [6.45, 7) is 0. The van der Waals surface area contributed by atoms with Crippen molar-refractivity contribution in [3.05, 3.63) is 271 Å². The van der Waals surface area contributed by atoms with Crippen molar-refractivity contribution in [2.45, 2.75) is 5.41 Å². The summed E-state index contributed by atoms with van der Waals surface area (Å²) in [5.74, 6) is 0. The third-order valence-electron chi connectivity index (χ3n) is 13.0. The van der Waals surface area contributed by atoms with Gasteiger partial charge < -0.3 is 4.90 Å². The first kappa shape index (κ1) is 37.0. The predicted octanol–water partition coefficient (Wildman–Crippen LogP) is 16.9. The Balaban J connectivity index is 1.18. The van der Waals surface area contributed by atoms with E-state index in [0.29, 0.717) is 0 Å². The lowest BCUT2D eigenvalue weighted by atomic mass is 9.67. The molecule has 0 saturated carbocycles. The first-order valence-corrected chi connectivity index (χ1v) is 22.5. The van der Waals surface area contributed by atoms with Gasteiger partial charge in [0.05, 0.1) is 11.1 Å². The summed E-state index contributed by atoms with van der Waals surface area (Å²) in [7, 11) is 0. The van der Waals surface area contributed by atoms with Crippen LogP contribution in [0, 0.1) is 0 Å². The maximum absolute atomic E-state index is 2.50. The molecule has 2 heteroatoms. The second-order valence-corrected chi connectivity index (χ2v) is 17.5. The van der Waals surface area contributed by atoms with Gasteiger partial charge in [-0.25, -0.2) is 0 Å². The van der Waals surface area contributed by atoms with Crippen LogP contribution in [0.15, 0.2) is 249 Å². The highest BCUT2D eigenvalue weighted by Crippen LogP contribution is 2.60. The zero-order chi connectivity index (χ0) is 41.7. The van der Waals surface area contributed by atoms with E-state index in [-0.39, 0.29) is 0 Å². The summed E-state index contributed by atoms with van der Waals surface area (Å²) in [5.41, 5.74) is 17.4. The van der Waals surface area contributed by atoms with Gasteiger partial charge in [0, 0.05) is 37.1 Å². The minimum Gasteiger partial charge on any atom is -0.310 e. The van der Waals surface area contributed by atoms with E-state index in [1.165, 1.54) is 86.9 Å². The van der Waals surface area contributed by atoms with Crippen LogP contribution >= 0.6 is 11.3 Å². The monoisotopic (exact) mass is 819 g/mol. The Morgan fingerprint density at radius 3 is 1.40 bits per heavy atom. The molecule has 0 spiro atoms. The molecule has 1 aliphatic rings. The number of hydrogen-bond acceptors (Lipinski definition) is 2. The molecular weight excluding hydrogens is 779 g/mol. The second-order valence-electron chi connectivity index (χ2n) is 16.4. The van der Waals surface area contributed by atoms with E-state index in [2.05, 4.69) is 254 Å². The van der Waals surface area contributed by atoms with Crippen LogP contribution in [0.2, 0.25) is 0 Å². The molecule has 63 heavy (non-hydrogen) atoms. The first-order chi connectivity index (χ1) is 31.2. The molecule has 1 heterocycles. The van der Waals surface area contributed by atoms with Crippen LogP contribution in [-0.2, 0) is 5.41 Å². The van der Waals surface area contributed by atoms with Gasteiger partial charge in [0.15, 0.2) is 0 Å². The zero-order valence-electron chi connectivity index (χ0n) is 34.5. The number of fused-ring (bicyclic) bond motifs is 6. The average molecular weight is 820 g/mol. The number of thiophene rings is 1. The van der Waals surface area contributed by atoms with E-state index in [9.17, 15) is 0 Å². The number of hydrogen-bond donors (Lipinski definition) is 0. The maximum atomic E-state index is 2.50. The summed E-state index contributed by atoms with van der Waals surface area (Å²) in [6.07, 6.45) is 0. The zero-order valence-corrected chi connectivity index (χ0v) is 35.3. The van der Waals surface area contributed by atoms with Crippen molar-refractivity contribution in [3.8, 4) is 44.5 Å². The van der Waals surface area contributed by atoms with E-state index in [4.69, 9.17) is 0 Å². The van der Waals surface area contributed by atoms with E-state index in [1.807, 2.05) is 11.3 Å². The Labute approximate surface area is 372 Å². The highest BCUT2D eigenvalue weighted by molar-refractivity contribution is 7.25.